The monoisotopic (exact) mass is 273 g/mol. The number of hydrogen-bond acceptors (Lipinski definition) is 3. The Morgan fingerprint density at radius 1 is 1.59 bits per heavy atom. The number of aromatic nitrogens is 2. The summed E-state index contributed by atoms with van der Waals surface area (Å²) in [5.41, 5.74) is 8.06. The van der Waals surface area contributed by atoms with Crippen molar-refractivity contribution in [3.05, 3.63) is 16.4 Å². The molecule has 1 saturated heterocycles. The van der Waals surface area contributed by atoms with Crippen LogP contribution in [0.25, 0.3) is 0 Å². The lowest BCUT2D eigenvalue weighted by atomic mass is 9.97. The van der Waals surface area contributed by atoms with Gasteiger partial charge in [-0.05, 0) is 32.4 Å². The van der Waals surface area contributed by atoms with Gasteiger partial charge in [-0.15, -0.1) is 0 Å². The Morgan fingerprint density at radius 2 is 2.35 bits per heavy atom. The highest BCUT2D eigenvalue weighted by Crippen LogP contribution is 2.41. The third kappa shape index (κ3) is 2.49. The summed E-state index contributed by atoms with van der Waals surface area (Å²) in [6, 6.07) is 0. The molecule has 3 nitrogen and oxygen atoms in total. The Kier molecular flexibility index (Phi) is 4.06. The van der Waals surface area contributed by atoms with Gasteiger partial charge in [0.2, 0.25) is 0 Å². The van der Waals surface area contributed by atoms with E-state index in [-0.39, 0.29) is 4.75 Å². The molecule has 1 atom stereocenters. The molecule has 1 unspecified atom stereocenters. The molecule has 0 saturated carbocycles. The van der Waals surface area contributed by atoms with Crippen LogP contribution >= 0.6 is 23.4 Å². The van der Waals surface area contributed by atoms with Crippen LogP contribution < -0.4 is 5.73 Å². The Balaban J connectivity index is 2.28. The molecule has 0 spiro atoms. The molecule has 96 valence electrons. The molecular formula is C12H20ClN3S. The van der Waals surface area contributed by atoms with Crippen LogP contribution in [0.15, 0.2) is 0 Å². The van der Waals surface area contributed by atoms with Crippen molar-refractivity contribution < 1.29 is 0 Å². The van der Waals surface area contributed by atoms with Gasteiger partial charge in [-0.1, -0.05) is 11.6 Å². The molecule has 17 heavy (non-hydrogen) atoms. The van der Waals surface area contributed by atoms with Gasteiger partial charge >= 0.3 is 0 Å². The minimum absolute atomic E-state index is 0.184. The fourth-order valence-electron chi connectivity index (χ4n) is 2.47. The van der Waals surface area contributed by atoms with E-state index in [0.717, 1.165) is 35.9 Å². The molecule has 1 aromatic rings. The first kappa shape index (κ1) is 13.2. The van der Waals surface area contributed by atoms with Crippen molar-refractivity contribution in [3.63, 3.8) is 0 Å². The molecular weight excluding hydrogens is 254 g/mol. The van der Waals surface area contributed by atoms with E-state index in [1.807, 2.05) is 23.4 Å². The predicted octanol–water partition coefficient (Wildman–Crippen LogP) is 2.63. The zero-order chi connectivity index (χ0) is 12.5. The Morgan fingerprint density at radius 3 is 2.88 bits per heavy atom. The number of nitrogens with zero attached hydrogens (tertiary/aromatic N) is 2. The lowest BCUT2D eigenvalue weighted by molar-refractivity contribution is 0.525. The normalized spacial score (nSPS) is 24.5. The predicted molar refractivity (Wildman–Crippen MR) is 74.8 cm³/mol. The summed E-state index contributed by atoms with van der Waals surface area (Å²) in [7, 11) is 0. The van der Waals surface area contributed by atoms with E-state index in [9.17, 15) is 0 Å². The Bertz CT molecular complexity index is 397. The van der Waals surface area contributed by atoms with Crippen molar-refractivity contribution in [3.8, 4) is 0 Å². The minimum atomic E-state index is 0.184. The smallest absolute Gasteiger partial charge is 0.0847 e. The van der Waals surface area contributed by atoms with Gasteiger partial charge in [-0.25, -0.2) is 0 Å². The van der Waals surface area contributed by atoms with Gasteiger partial charge in [-0.3, -0.25) is 4.68 Å². The van der Waals surface area contributed by atoms with Crippen LogP contribution in [-0.4, -0.2) is 26.8 Å². The average molecular weight is 274 g/mol. The van der Waals surface area contributed by atoms with E-state index in [1.54, 1.807) is 0 Å². The fourth-order valence-corrected chi connectivity index (χ4v) is 4.04. The van der Waals surface area contributed by atoms with Gasteiger partial charge in [0.05, 0.1) is 16.4 Å². The largest absolute Gasteiger partial charge is 0.329 e. The fraction of sp³-hybridized carbons (Fsp3) is 0.750. The summed E-state index contributed by atoms with van der Waals surface area (Å²) < 4.78 is 2.21. The van der Waals surface area contributed by atoms with Crippen molar-refractivity contribution in [2.24, 2.45) is 5.73 Å². The number of nitrogens with two attached hydrogens (primary N) is 1. The van der Waals surface area contributed by atoms with E-state index in [4.69, 9.17) is 17.3 Å². The van der Waals surface area contributed by atoms with Crippen LogP contribution in [0.4, 0.5) is 0 Å². The van der Waals surface area contributed by atoms with E-state index in [0.29, 0.717) is 0 Å². The van der Waals surface area contributed by atoms with Crippen molar-refractivity contribution in [1.82, 2.24) is 9.78 Å². The first-order valence-corrected chi connectivity index (χ1v) is 7.54. The van der Waals surface area contributed by atoms with Crippen LogP contribution in [0, 0.1) is 6.92 Å². The maximum absolute atomic E-state index is 6.36. The number of hydrogen-bond donors (Lipinski definition) is 1. The average Bonchev–Trinajstić information content (AvgIpc) is 2.90. The molecule has 0 bridgehead atoms. The topological polar surface area (TPSA) is 43.8 Å². The van der Waals surface area contributed by atoms with Gasteiger partial charge in [-0.2, -0.15) is 16.9 Å². The molecule has 2 rings (SSSR count). The zero-order valence-electron chi connectivity index (χ0n) is 10.5. The van der Waals surface area contributed by atoms with E-state index in [1.165, 1.54) is 18.6 Å². The van der Waals surface area contributed by atoms with E-state index >= 15 is 0 Å². The van der Waals surface area contributed by atoms with Gasteiger partial charge in [0.25, 0.3) is 0 Å². The van der Waals surface area contributed by atoms with Gasteiger partial charge in [0, 0.05) is 24.3 Å². The van der Waals surface area contributed by atoms with Gasteiger partial charge in [0.15, 0.2) is 0 Å². The summed E-state index contributed by atoms with van der Waals surface area (Å²) in [6.07, 6.45) is 3.40. The second-order valence-corrected chi connectivity index (χ2v) is 6.62. The summed E-state index contributed by atoms with van der Waals surface area (Å²) in [6.45, 7) is 5.66. The number of aryl methyl sites for hydroxylation is 2. The molecule has 1 fully saturated rings. The van der Waals surface area contributed by atoms with Crippen LogP contribution in [0.3, 0.4) is 0 Å². The van der Waals surface area contributed by atoms with Crippen molar-refractivity contribution in [1.29, 1.82) is 0 Å². The highest BCUT2D eigenvalue weighted by atomic mass is 35.5. The number of halogens is 1. The number of rotatable bonds is 4. The van der Waals surface area contributed by atoms with E-state index in [2.05, 4.69) is 12.0 Å². The maximum atomic E-state index is 6.36. The molecule has 0 radical (unpaired) electrons. The number of thioether (sulfide) groups is 1. The SMILES string of the molecule is CCn1nc(C)c(Cl)c1CC1(CN)CCCS1. The molecule has 1 aliphatic rings. The first-order valence-electron chi connectivity index (χ1n) is 6.17. The highest BCUT2D eigenvalue weighted by Gasteiger charge is 2.35. The summed E-state index contributed by atoms with van der Waals surface area (Å²) >= 11 is 8.35. The van der Waals surface area contributed by atoms with Crippen LogP contribution in [0.5, 0.6) is 0 Å². The zero-order valence-corrected chi connectivity index (χ0v) is 12.1. The van der Waals surface area contributed by atoms with Gasteiger partial charge < -0.3 is 5.73 Å². The Hall–Kier alpha value is -0.190. The molecule has 1 aromatic heterocycles. The molecule has 0 aliphatic carbocycles. The molecule has 0 amide bonds. The highest BCUT2D eigenvalue weighted by molar-refractivity contribution is 8.00. The second kappa shape index (κ2) is 5.21. The summed E-state index contributed by atoms with van der Waals surface area (Å²) in [4.78, 5) is 0. The van der Waals surface area contributed by atoms with Crippen LogP contribution in [0.2, 0.25) is 5.02 Å². The van der Waals surface area contributed by atoms with Crippen molar-refractivity contribution >= 4 is 23.4 Å². The second-order valence-electron chi connectivity index (χ2n) is 4.68. The first-order chi connectivity index (χ1) is 8.12. The van der Waals surface area contributed by atoms with Crippen LogP contribution in [-0.2, 0) is 13.0 Å². The molecule has 2 N–H and O–H groups in total. The molecule has 5 heteroatoms. The standard InChI is InChI=1S/C12H20ClN3S/c1-3-16-10(11(13)9(2)15-16)7-12(8-14)5-4-6-17-12/h3-8,14H2,1-2H3. The molecule has 1 aliphatic heterocycles. The van der Waals surface area contributed by atoms with Crippen molar-refractivity contribution in [2.75, 3.05) is 12.3 Å². The minimum Gasteiger partial charge on any atom is -0.329 e. The summed E-state index contributed by atoms with van der Waals surface area (Å²) in [5.74, 6) is 1.22. The molecule has 0 aromatic carbocycles. The molecule has 2 heterocycles. The third-order valence-electron chi connectivity index (χ3n) is 3.50. The van der Waals surface area contributed by atoms with Gasteiger partial charge in [0.1, 0.15) is 0 Å². The maximum Gasteiger partial charge on any atom is 0.0847 e. The van der Waals surface area contributed by atoms with Crippen molar-refractivity contribution in [2.45, 2.75) is 44.4 Å². The quantitative estimate of drug-likeness (QED) is 0.917. The van der Waals surface area contributed by atoms with Crippen LogP contribution in [0.1, 0.15) is 31.2 Å². The Labute approximate surface area is 112 Å². The lowest BCUT2D eigenvalue weighted by Gasteiger charge is -2.26. The van der Waals surface area contributed by atoms with E-state index < -0.39 is 0 Å². The third-order valence-corrected chi connectivity index (χ3v) is 5.61. The summed E-state index contributed by atoms with van der Waals surface area (Å²) in [5, 5.41) is 5.30. The lowest BCUT2D eigenvalue weighted by Crippen LogP contribution is -2.35.